The molecule has 1 saturated heterocycles. The minimum Gasteiger partial charge on any atom is -0.480 e. The number of hydrogen-bond donors (Lipinski definition) is 4. The van der Waals surface area contributed by atoms with Crippen LogP contribution in [0.4, 0.5) is 4.39 Å². The van der Waals surface area contributed by atoms with Gasteiger partial charge in [0.25, 0.3) is 0 Å². The number of rotatable bonds is 21. The molecule has 4 N–H and O–H groups in total. The third-order valence-corrected chi connectivity index (χ3v) is 10.7. The Morgan fingerprint density at radius 1 is 0.943 bits per heavy atom. The number of amides is 4. The van der Waals surface area contributed by atoms with E-state index in [1.807, 2.05) is 41.5 Å². The number of nitrogens with zero attached hydrogens (tertiary/aromatic N) is 2. The topological polar surface area (TPSA) is 167 Å². The van der Waals surface area contributed by atoms with Crippen molar-refractivity contribution in [1.29, 1.82) is 0 Å². The van der Waals surface area contributed by atoms with Crippen molar-refractivity contribution in [3.8, 4) is 0 Å². The maximum atomic E-state index is 14.1. The number of halogens is 1. The van der Waals surface area contributed by atoms with Crippen LogP contribution in [0.5, 0.6) is 0 Å². The standard InChI is InChI=1S/C39H64FN5O8/c1-12-24(6)34(44(9)38(49)33(23(4)5)43-37(48)32(41-8)22(2)3)30(52-10)21-31(46)45-19-13-14-29(45)35(53-11)25(7)36(47)42-28(39(50)51)20-26-15-17-27(40)18-16-26/h15-18,22-25,28-30,32-35,41H,12-14,19-21H2,1-11H3,(H,42,47)(H,43,48)(H,50,51)/t24-,25?,28-,29-,30?,32?,33-,34?,35?/m0/s1. The zero-order valence-corrected chi connectivity index (χ0v) is 33.5. The number of methoxy groups -OCH3 is 2. The number of hydrogen-bond acceptors (Lipinski definition) is 8. The molecule has 5 unspecified atom stereocenters. The van der Waals surface area contributed by atoms with Crippen molar-refractivity contribution in [3.63, 3.8) is 0 Å². The highest BCUT2D eigenvalue weighted by molar-refractivity contribution is 5.90. The molecule has 13 nitrogen and oxygen atoms in total. The number of carbonyl (C=O) groups is 5. The summed E-state index contributed by atoms with van der Waals surface area (Å²) in [4.78, 5) is 70.2. The summed E-state index contributed by atoms with van der Waals surface area (Å²) >= 11 is 0. The normalized spacial score (nSPS) is 19.1. The van der Waals surface area contributed by atoms with E-state index >= 15 is 0 Å². The van der Waals surface area contributed by atoms with Crippen LogP contribution in [0.25, 0.3) is 0 Å². The third kappa shape index (κ3) is 12.2. The van der Waals surface area contributed by atoms with Gasteiger partial charge in [0.2, 0.25) is 23.6 Å². The summed E-state index contributed by atoms with van der Waals surface area (Å²) in [6.07, 6.45) is 0.463. The van der Waals surface area contributed by atoms with Crippen LogP contribution in [-0.2, 0) is 39.9 Å². The molecule has 1 aromatic rings. The lowest BCUT2D eigenvalue weighted by Crippen LogP contribution is -2.59. The van der Waals surface area contributed by atoms with E-state index in [-0.39, 0.29) is 48.3 Å². The lowest BCUT2D eigenvalue weighted by atomic mass is 9.89. The quantitative estimate of drug-likeness (QED) is 0.148. The number of nitrogens with one attached hydrogen (secondary N) is 3. The van der Waals surface area contributed by atoms with Gasteiger partial charge < -0.3 is 40.3 Å². The van der Waals surface area contributed by atoms with Crippen molar-refractivity contribution in [2.45, 2.75) is 123 Å². The SMILES string of the molecule is CC[C@H](C)C(C(CC(=O)N1CCC[C@H]1C(OC)C(C)C(=O)N[C@@H](Cc1ccc(F)cc1)C(=O)O)OC)N(C)C(=O)[C@@H](NC(=O)C(NC)C(C)C)C(C)C. The molecule has 300 valence electrons. The lowest BCUT2D eigenvalue weighted by molar-refractivity contribution is -0.148. The van der Waals surface area contributed by atoms with Crippen molar-refractivity contribution in [1.82, 2.24) is 25.8 Å². The first-order chi connectivity index (χ1) is 24.9. The second-order valence-electron chi connectivity index (χ2n) is 15.1. The number of likely N-dealkylation sites (tertiary alicyclic amines) is 1. The highest BCUT2D eigenvalue weighted by atomic mass is 19.1. The van der Waals surface area contributed by atoms with Crippen molar-refractivity contribution in [3.05, 3.63) is 35.6 Å². The van der Waals surface area contributed by atoms with E-state index in [1.165, 1.54) is 38.5 Å². The average Bonchev–Trinajstić information content (AvgIpc) is 3.60. The molecule has 53 heavy (non-hydrogen) atoms. The van der Waals surface area contributed by atoms with Gasteiger partial charge in [0, 0.05) is 34.2 Å². The molecule has 1 aliphatic rings. The van der Waals surface area contributed by atoms with Gasteiger partial charge in [0.05, 0.1) is 42.7 Å². The molecule has 1 aliphatic heterocycles. The second-order valence-corrected chi connectivity index (χ2v) is 15.1. The number of benzene rings is 1. The van der Waals surface area contributed by atoms with Gasteiger partial charge in [-0.2, -0.15) is 0 Å². The van der Waals surface area contributed by atoms with E-state index in [4.69, 9.17) is 9.47 Å². The summed E-state index contributed by atoms with van der Waals surface area (Å²) in [6, 6.07) is 1.93. The first kappa shape index (κ1) is 45.5. The Morgan fingerprint density at radius 2 is 1.55 bits per heavy atom. The van der Waals surface area contributed by atoms with Crippen LogP contribution in [0, 0.1) is 29.5 Å². The van der Waals surface area contributed by atoms with E-state index in [1.54, 1.807) is 30.8 Å². The minimum atomic E-state index is -1.25. The van der Waals surface area contributed by atoms with Crippen molar-refractivity contribution >= 4 is 29.6 Å². The van der Waals surface area contributed by atoms with Gasteiger partial charge in [-0.3, -0.25) is 19.2 Å². The van der Waals surface area contributed by atoms with Gasteiger partial charge in [-0.15, -0.1) is 0 Å². The molecular formula is C39H64FN5O8. The van der Waals surface area contributed by atoms with Crippen LogP contribution in [-0.4, -0.2) is 122 Å². The minimum absolute atomic E-state index is 0.0105. The smallest absolute Gasteiger partial charge is 0.326 e. The molecule has 0 spiro atoms. The van der Waals surface area contributed by atoms with Gasteiger partial charge in [-0.1, -0.05) is 67.0 Å². The molecule has 4 amide bonds. The molecule has 0 saturated carbocycles. The molecule has 14 heteroatoms. The number of carboxylic acid groups (broad SMARTS) is 1. The highest BCUT2D eigenvalue weighted by Gasteiger charge is 2.43. The Bertz CT molecular complexity index is 1360. The Kier molecular flexibility index (Phi) is 18.3. The van der Waals surface area contributed by atoms with Crippen molar-refractivity contribution < 1.29 is 42.9 Å². The average molecular weight is 750 g/mol. The zero-order chi connectivity index (χ0) is 40.2. The maximum Gasteiger partial charge on any atom is 0.326 e. The number of likely N-dealkylation sites (N-methyl/N-ethyl adjacent to an activating group) is 2. The fourth-order valence-electron chi connectivity index (χ4n) is 7.41. The van der Waals surface area contributed by atoms with Crippen LogP contribution in [0.2, 0.25) is 0 Å². The first-order valence-corrected chi connectivity index (χ1v) is 18.8. The van der Waals surface area contributed by atoms with Crippen LogP contribution >= 0.6 is 0 Å². The molecular weight excluding hydrogens is 685 g/mol. The first-order valence-electron chi connectivity index (χ1n) is 18.8. The maximum absolute atomic E-state index is 14.1. The summed E-state index contributed by atoms with van der Waals surface area (Å²) in [7, 11) is 6.38. The van der Waals surface area contributed by atoms with Crippen LogP contribution in [0.15, 0.2) is 24.3 Å². The molecule has 1 aromatic carbocycles. The molecule has 2 rings (SSSR count). The van der Waals surface area contributed by atoms with Gasteiger partial charge in [0.1, 0.15) is 17.9 Å². The van der Waals surface area contributed by atoms with Gasteiger partial charge >= 0.3 is 5.97 Å². The summed E-state index contributed by atoms with van der Waals surface area (Å²) < 4.78 is 25.2. The monoisotopic (exact) mass is 749 g/mol. The Balaban J connectivity index is 2.26. The van der Waals surface area contributed by atoms with Gasteiger partial charge in [-0.05, 0) is 55.3 Å². The highest BCUT2D eigenvalue weighted by Crippen LogP contribution is 2.30. The van der Waals surface area contributed by atoms with E-state index < -0.39 is 66.0 Å². The molecule has 1 heterocycles. The Hall–Kier alpha value is -3.62. The van der Waals surface area contributed by atoms with Crippen LogP contribution in [0.3, 0.4) is 0 Å². The molecule has 0 radical (unpaired) electrons. The van der Waals surface area contributed by atoms with E-state index in [2.05, 4.69) is 16.0 Å². The Labute approximate surface area is 315 Å². The van der Waals surface area contributed by atoms with Crippen molar-refractivity contribution in [2.24, 2.45) is 23.7 Å². The molecule has 0 aromatic heterocycles. The van der Waals surface area contributed by atoms with Crippen LogP contribution in [0.1, 0.15) is 79.7 Å². The predicted molar refractivity (Wildman–Crippen MR) is 200 cm³/mol. The van der Waals surface area contributed by atoms with Gasteiger partial charge in [0.15, 0.2) is 0 Å². The summed E-state index contributed by atoms with van der Waals surface area (Å²) in [5.74, 6) is -4.05. The molecule has 0 bridgehead atoms. The molecule has 0 aliphatic carbocycles. The van der Waals surface area contributed by atoms with Crippen LogP contribution < -0.4 is 16.0 Å². The van der Waals surface area contributed by atoms with E-state index in [9.17, 15) is 33.5 Å². The van der Waals surface area contributed by atoms with E-state index in [0.717, 1.165) is 0 Å². The fourth-order valence-corrected chi connectivity index (χ4v) is 7.41. The number of ether oxygens (including phenoxy) is 2. The molecule has 9 atom stereocenters. The summed E-state index contributed by atoms with van der Waals surface area (Å²) in [5, 5.41) is 18.4. The lowest BCUT2D eigenvalue weighted by Gasteiger charge is -2.41. The summed E-state index contributed by atoms with van der Waals surface area (Å²) in [6.45, 7) is 13.7. The summed E-state index contributed by atoms with van der Waals surface area (Å²) in [5.41, 5.74) is 0.552. The van der Waals surface area contributed by atoms with Crippen molar-refractivity contribution in [2.75, 3.05) is 34.9 Å². The third-order valence-electron chi connectivity index (χ3n) is 10.7. The van der Waals surface area contributed by atoms with E-state index in [0.29, 0.717) is 31.4 Å². The predicted octanol–water partition coefficient (Wildman–Crippen LogP) is 3.24. The second kappa shape index (κ2) is 21.3. The number of carbonyl (C=O) groups excluding carboxylic acids is 4. The Morgan fingerprint density at radius 3 is 2.04 bits per heavy atom. The largest absolute Gasteiger partial charge is 0.480 e. The fraction of sp³-hybridized carbons (Fsp3) is 0.718. The molecule has 1 fully saturated rings. The number of carboxylic acids is 1. The van der Waals surface area contributed by atoms with Gasteiger partial charge in [-0.25, -0.2) is 9.18 Å². The zero-order valence-electron chi connectivity index (χ0n) is 33.5. The number of aliphatic carboxylic acids is 1.